The summed E-state index contributed by atoms with van der Waals surface area (Å²) in [5.41, 5.74) is -5.06. The standard InChI is InChI=1S/C18H38O.C10H12O3.C8H8O3.2C6H8O7.3Na/c1-2-3-4-5-6-7-8-9-10-11-12-13-14-15-16-17-18-19;1-2-7-13-10(12)8-5-3-4-6-9(8)11;1-11-8(10)6-2-4-7(9)5-3-6;2*7-3(8)1-6(13,5(11)12)2-4(9)10;;;/h19H,2-18H2,1H3;3-6,11H,2,7H2,1H3;2-5,9H,1H3;2*13H,1-2H2,(H,7,8)(H,9,10)(H,11,12);;;/q;;;;;3*+1/p-3. The molecule has 0 amide bonds. The molecule has 2 aromatic rings. The first-order valence-electron chi connectivity index (χ1n) is 22.6. The largest absolute Gasteiger partial charge is 1.00 e. The number of aliphatic hydroxyl groups is 3. The maximum absolute atomic E-state index is 11.2. The predicted molar refractivity (Wildman–Crippen MR) is 241 cm³/mol. The second kappa shape index (κ2) is 49.9. The van der Waals surface area contributed by atoms with E-state index in [0.717, 1.165) is 12.8 Å². The third kappa shape index (κ3) is 45.3. The van der Waals surface area contributed by atoms with Crippen LogP contribution in [0.4, 0.5) is 0 Å². The number of rotatable bonds is 30. The summed E-state index contributed by atoms with van der Waals surface area (Å²) in [4.78, 5) is 82.5. The van der Waals surface area contributed by atoms with Crippen LogP contribution in [0.5, 0.6) is 11.5 Å². The maximum Gasteiger partial charge on any atom is 1.00 e. The number of methoxy groups -OCH3 is 1. The normalized spacial score (nSPS) is 9.97. The molecule has 0 heterocycles. The van der Waals surface area contributed by atoms with Gasteiger partial charge in [-0.25, -0.2) is 14.4 Å². The molecule has 0 aliphatic rings. The second-order valence-electron chi connectivity index (χ2n) is 15.6. The van der Waals surface area contributed by atoms with Gasteiger partial charge in [-0.2, -0.15) is 0 Å². The molecule has 72 heavy (non-hydrogen) atoms. The Morgan fingerprint density at radius 2 is 0.917 bits per heavy atom. The first-order chi connectivity index (χ1) is 32.5. The number of aliphatic hydroxyl groups excluding tert-OH is 1. The smallest absolute Gasteiger partial charge is 0.550 e. The van der Waals surface area contributed by atoms with E-state index in [0.29, 0.717) is 18.8 Å². The van der Waals surface area contributed by atoms with Gasteiger partial charge in [0.15, 0.2) is 5.60 Å². The van der Waals surface area contributed by atoms with E-state index in [1.165, 1.54) is 140 Å². The summed E-state index contributed by atoms with van der Waals surface area (Å²) in [5, 5.41) is 99.5. The van der Waals surface area contributed by atoms with Gasteiger partial charge in [-0.15, -0.1) is 0 Å². The van der Waals surface area contributed by atoms with Crippen LogP contribution in [0.3, 0.4) is 0 Å². The Kier molecular flexibility index (Phi) is 55.5. The van der Waals surface area contributed by atoms with Gasteiger partial charge in [0.2, 0.25) is 0 Å². The zero-order valence-corrected chi connectivity index (χ0v) is 48.8. The van der Waals surface area contributed by atoms with Crippen molar-refractivity contribution in [1.82, 2.24) is 0 Å². The summed E-state index contributed by atoms with van der Waals surface area (Å²) in [7, 11) is 1.31. The molecular weight excluding hydrogens is 981 g/mol. The third-order valence-electron chi connectivity index (χ3n) is 9.40. The minimum Gasteiger partial charge on any atom is -0.550 e. The number of carbonyl (C=O) groups excluding carboxylic acids is 5. The van der Waals surface area contributed by atoms with Crippen LogP contribution < -0.4 is 104 Å². The van der Waals surface area contributed by atoms with E-state index in [1.54, 1.807) is 12.1 Å². The number of hydrogen-bond acceptors (Lipinski definition) is 18. The molecule has 392 valence electrons. The molecule has 21 nitrogen and oxygen atoms in total. The SMILES string of the molecule is CCCCCCCCCCCCCCCCCCO.CCCOC(=O)c1ccccc1O.COC(=O)c1ccc(O)cc1.O=C(O)CC(O)(CC(=O)O)C(=O)O.O=C([O-])CC(O)(CC(=O)[O-])C(=O)[O-].[Na+].[Na+].[Na+]. The van der Waals surface area contributed by atoms with Gasteiger partial charge >= 0.3 is 119 Å². The molecule has 0 spiro atoms. The van der Waals surface area contributed by atoms with Crippen molar-refractivity contribution in [3.63, 3.8) is 0 Å². The van der Waals surface area contributed by atoms with Crippen molar-refractivity contribution in [2.45, 2.75) is 160 Å². The molecule has 0 fully saturated rings. The Hall–Kier alpha value is -3.32. The molecular formula is C48H71Na3O21. The number of benzene rings is 2. The molecule has 2 rings (SSSR count). The van der Waals surface area contributed by atoms with E-state index in [9.17, 15) is 58.8 Å². The fourth-order valence-electron chi connectivity index (χ4n) is 5.69. The number of para-hydroxylation sites is 1. The fraction of sp³-hybridized carbons (Fsp3) is 0.583. The zero-order chi connectivity index (χ0) is 53.3. The quantitative estimate of drug-likeness (QED) is 0.0205. The topological polar surface area (TPSA) is 386 Å². The number of carboxylic acid groups (broad SMARTS) is 6. The number of carbonyl (C=O) groups is 8. The number of esters is 2. The number of ether oxygens (including phenoxy) is 2. The van der Waals surface area contributed by atoms with E-state index < -0.39 is 84.6 Å². The molecule has 24 heteroatoms. The van der Waals surface area contributed by atoms with Crippen molar-refractivity contribution in [2.24, 2.45) is 0 Å². The van der Waals surface area contributed by atoms with Crippen LogP contribution in [0.2, 0.25) is 0 Å². The average Bonchev–Trinajstić information content (AvgIpc) is 3.26. The number of unbranched alkanes of at least 4 members (excludes halogenated alkanes) is 15. The van der Waals surface area contributed by atoms with Gasteiger partial charge in [0, 0.05) is 31.4 Å². The van der Waals surface area contributed by atoms with Gasteiger partial charge < -0.3 is 80.0 Å². The van der Waals surface area contributed by atoms with Crippen molar-refractivity contribution in [1.29, 1.82) is 0 Å². The first-order valence-corrected chi connectivity index (χ1v) is 22.6. The summed E-state index contributed by atoms with van der Waals surface area (Å²) in [6.07, 6.45) is 17.9. The minimum atomic E-state index is -2.97. The molecule has 0 unspecified atom stereocenters. The Morgan fingerprint density at radius 1 is 0.528 bits per heavy atom. The van der Waals surface area contributed by atoms with E-state index in [2.05, 4.69) is 11.7 Å². The van der Waals surface area contributed by atoms with Gasteiger partial charge in [-0.3, -0.25) is 9.59 Å². The Morgan fingerprint density at radius 3 is 1.22 bits per heavy atom. The summed E-state index contributed by atoms with van der Waals surface area (Å²) in [5.74, 6) is -11.8. The van der Waals surface area contributed by atoms with E-state index >= 15 is 0 Å². The Bertz CT molecular complexity index is 1690. The van der Waals surface area contributed by atoms with Gasteiger partial charge in [-0.05, 0) is 49.2 Å². The van der Waals surface area contributed by atoms with Crippen LogP contribution in [0, 0.1) is 0 Å². The molecule has 8 N–H and O–H groups in total. The summed E-state index contributed by atoms with van der Waals surface area (Å²) in [6, 6.07) is 12.2. The van der Waals surface area contributed by atoms with Gasteiger partial charge in [0.05, 0.1) is 38.1 Å². The van der Waals surface area contributed by atoms with Crippen LogP contribution >= 0.6 is 0 Å². The van der Waals surface area contributed by atoms with Crippen molar-refractivity contribution in [3.05, 3.63) is 59.7 Å². The summed E-state index contributed by atoms with van der Waals surface area (Å²) in [6.45, 7) is 4.95. The van der Waals surface area contributed by atoms with Crippen LogP contribution in [0.25, 0.3) is 0 Å². The van der Waals surface area contributed by atoms with Crippen LogP contribution in [0.15, 0.2) is 48.5 Å². The number of carboxylic acids is 6. The van der Waals surface area contributed by atoms with E-state index in [-0.39, 0.29) is 106 Å². The van der Waals surface area contributed by atoms with Crippen LogP contribution in [-0.4, -0.2) is 120 Å². The van der Waals surface area contributed by atoms with Crippen LogP contribution in [0.1, 0.15) is 169 Å². The Balaban J connectivity index is -0.000000189. The zero-order valence-electron chi connectivity index (χ0n) is 42.8. The number of aliphatic carboxylic acids is 6. The third-order valence-corrected chi connectivity index (χ3v) is 9.40. The number of phenols is 2. The summed E-state index contributed by atoms with van der Waals surface area (Å²) >= 11 is 0. The van der Waals surface area contributed by atoms with E-state index in [4.69, 9.17) is 40.5 Å². The molecule has 2 aromatic carbocycles. The first kappa shape index (κ1) is 80.1. The molecule has 0 bridgehead atoms. The number of phenolic OH excluding ortho intramolecular Hbond substituents is 2. The summed E-state index contributed by atoms with van der Waals surface area (Å²) < 4.78 is 9.31. The fourth-order valence-corrected chi connectivity index (χ4v) is 5.69. The van der Waals surface area contributed by atoms with Crippen molar-refractivity contribution in [3.8, 4) is 11.5 Å². The van der Waals surface area contributed by atoms with Gasteiger partial charge in [-0.1, -0.05) is 122 Å². The predicted octanol–water partition coefficient (Wildman–Crippen LogP) is -6.11. The monoisotopic (exact) mass is 1050 g/mol. The molecule has 0 atom stereocenters. The van der Waals surface area contributed by atoms with Gasteiger partial charge in [0.25, 0.3) is 0 Å². The molecule has 0 aromatic heterocycles. The molecule has 0 saturated heterocycles. The molecule has 0 aliphatic heterocycles. The van der Waals surface area contributed by atoms with Gasteiger partial charge in [0.1, 0.15) is 22.7 Å². The van der Waals surface area contributed by atoms with Crippen LogP contribution in [-0.2, 0) is 38.2 Å². The average molecular weight is 1050 g/mol. The Labute approximate surface area is 487 Å². The number of aromatic hydroxyl groups is 2. The van der Waals surface area contributed by atoms with E-state index in [1.807, 2.05) is 6.92 Å². The van der Waals surface area contributed by atoms with Crippen molar-refractivity contribution < 1.29 is 193 Å². The van der Waals surface area contributed by atoms with Crippen molar-refractivity contribution >= 4 is 47.8 Å². The molecule has 0 saturated carbocycles. The minimum absolute atomic E-state index is 0. The maximum atomic E-state index is 11.2. The van der Waals surface area contributed by atoms with Crippen molar-refractivity contribution in [2.75, 3.05) is 20.3 Å². The molecule has 0 radical (unpaired) electrons. The number of hydrogen-bond donors (Lipinski definition) is 8. The second-order valence-corrected chi connectivity index (χ2v) is 15.6. The molecule has 0 aliphatic carbocycles.